The first-order valence-corrected chi connectivity index (χ1v) is 10.4. The minimum absolute atomic E-state index is 0.313. The van der Waals surface area contributed by atoms with Crippen molar-refractivity contribution in [1.82, 2.24) is 0 Å². The fourth-order valence-corrected chi connectivity index (χ4v) is 4.22. The Labute approximate surface area is 161 Å². The third-order valence-electron chi connectivity index (χ3n) is 4.42. The largest absolute Gasteiger partial charge is 0.222 e. The van der Waals surface area contributed by atoms with Crippen LogP contribution in [0.25, 0.3) is 0 Å². The molecule has 3 aromatic rings. The number of benzene rings is 3. The van der Waals surface area contributed by atoms with Gasteiger partial charge in [-0.3, -0.25) is 0 Å². The van der Waals surface area contributed by atoms with Crippen LogP contribution in [-0.2, 0) is 16.3 Å². The van der Waals surface area contributed by atoms with E-state index in [0.717, 1.165) is 22.3 Å². The second-order valence-corrected chi connectivity index (χ2v) is 8.80. The van der Waals surface area contributed by atoms with Crippen molar-refractivity contribution in [3.63, 3.8) is 0 Å². The molecule has 0 bridgehead atoms. The Bertz CT molecular complexity index is 1050. The first-order chi connectivity index (χ1) is 12.9. The number of sulfone groups is 1. The van der Waals surface area contributed by atoms with Gasteiger partial charge in [-0.05, 0) is 43.7 Å². The molecule has 136 valence electrons. The van der Waals surface area contributed by atoms with Gasteiger partial charge in [0, 0.05) is 12.0 Å². The lowest BCUT2D eigenvalue weighted by Gasteiger charge is -2.13. The van der Waals surface area contributed by atoms with Gasteiger partial charge in [-0.2, -0.15) is 0 Å². The van der Waals surface area contributed by atoms with Crippen molar-refractivity contribution < 1.29 is 8.42 Å². The molecule has 0 aliphatic rings. The Morgan fingerprint density at radius 3 is 1.93 bits per heavy atom. The lowest BCUT2D eigenvalue weighted by molar-refractivity contribution is 0.589. The standard InChI is InChI=1S/C24H22O2S/c1-19-8-12-22(13-9-19)18-24(17-14-21-6-4-3-5-7-21)27(25,26)23-15-10-20(2)11-16-23/h3-13,15-16,24H,18H2,1-2H3. The van der Waals surface area contributed by atoms with Gasteiger partial charge < -0.3 is 0 Å². The lowest BCUT2D eigenvalue weighted by Crippen LogP contribution is -2.22. The van der Waals surface area contributed by atoms with Crippen molar-refractivity contribution in [3.8, 4) is 11.8 Å². The first kappa shape index (κ1) is 18.9. The summed E-state index contributed by atoms with van der Waals surface area (Å²) in [6.45, 7) is 3.95. The van der Waals surface area contributed by atoms with Gasteiger partial charge >= 0.3 is 0 Å². The highest BCUT2D eigenvalue weighted by atomic mass is 32.2. The third-order valence-corrected chi connectivity index (χ3v) is 6.38. The van der Waals surface area contributed by atoms with E-state index in [0.29, 0.717) is 11.3 Å². The van der Waals surface area contributed by atoms with Crippen molar-refractivity contribution in [3.05, 3.63) is 101 Å². The molecular formula is C24H22O2S. The summed E-state index contributed by atoms with van der Waals surface area (Å²) < 4.78 is 26.5. The van der Waals surface area contributed by atoms with Crippen LogP contribution >= 0.6 is 0 Å². The molecule has 0 aliphatic carbocycles. The topological polar surface area (TPSA) is 34.1 Å². The lowest BCUT2D eigenvalue weighted by atomic mass is 10.1. The van der Waals surface area contributed by atoms with Gasteiger partial charge in [-0.15, -0.1) is 0 Å². The number of hydrogen-bond donors (Lipinski definition) is 0. The maximum absolute atomic E-state index is 13.2. The smallest absolute Gasteiger partial charge is 0.192 e. The van der Waals surface area contributed by atoms with Crippen LogP contribution < -0.4 is 0 Å². The monoisotopic (exact) mass is 374 g/mol. The predicted octanol–water partition coefficient (Wildman–Crippen LogP) is 4.74. The van der Waals surface area contributed by atoms with E-state index in [1.165, 1.54) is 0 Å². The summed E-state index contributed by atoms with van der Waals surface area (Å²) in [5, 5.41) is -0.803. The van der Waals surface area contributed by atoms with E-state index in [-0.39, 0.29) is 0 Å². The van der Waals surface area contributed by atoms with Gasteiger partial charge in [0.15, 0.2) is 9.84 Å². The van der Waals surface area contributed by atoms with Crippen LogP contribution in [0.1, 0.15) is 22.3 Å². The van der Waals surface area contributed by atoms with Crippen LogP contribution in [0.2, 0.25) is 0 Å². The summed E-state index contributed by atoms with van der Waals surface area (Å²) in [6.07, 6.45) is 0.357. The number of aryl methyl sites for hydroxylation is 2. The zero-order valence-corrected chi connectivity index (χ0v) is 16.3. The molecule has 0 spiro atoms. The Hall–Kier alpha value is -2.83. The maximum atomic E-state index is 13.2. The van der Waals surface area contributed by atoms with Crippen LogP contribution in [0, 0.1) is 25.7 Å². The molecule has 0 radical (unpaired) electrons. The van der Waals surface area contributed by atoms with Crippen LogP contribution in [-0.4, -0.2) is 13.7 Å². The summed E-state index contributed by atoms with van der Waals surface area (Å²) in [4.78, 5) is 0.313. The average Bonchev–Trinajstić information content (AvgIpc) is 2.67. The zero-order valence-electron chi connectivity index (χ0n) is 15.5. The molecule has 0 fully saturated rings. The van der Waals surface area contributed by atoms with Crippen LogP contribution in [0.15, 0.2) is 83.8 Å². The van der Waals surface area contributed by atoms with Crippen LogP contribution in [0.5, 0.6) is 0 Å². The summed E-state index contributed by atoms with van der Waals surface area (Å²) in [6, 6.07) is 24.4. The number of hydrogen-bond acceptors (Lipinski definition) is 2. The molecule has 3 rings (SSSR count). The average molecular weight is 375 g/mol. The molecule has 3 heteroatoms. The molecule has 1 unspecified atom stereocenters. The second-order valence-electron chi connectivity index (χ2n) is 6.67. The molecule has 0 heterocycles. The molecular weight excluding hydrogens is 352 g/mol. The molecule has 0 aliphatic heterocycles. The quantitative estimate of drug-likeness (QED) is 0.618. The summed E-state index contributed by atoms with van der Waals surface area (Å²) in [7, 11) is -3.57. The van der Waals surface area contributed by atoms with Gasteiger partial charge in [0.05, 0.1) is 4.90 Å². The maximum Gasteiger partial charge on any atom is 0.192 e. The summed E-state index contributed by atoms with van der Waals surface area (Å²) in [5.74, 6) is 6.05. The van der Waals surface area contributed by atoms with Crippen molar-refractivity contribution in [2.24, 2.45) is 0 Å². The summed E-state index contributed by atoms with van der Waals surface area (Å²) >= 11 is 0. The predicted molar refractivity (Wildman–Crippen MR) is 110 cm³/mol. The molecule has 3 aromatic carbocycles. The van der Waals surface area contributed by atoms with Crippen molar-refractivity contribution in [2.75, 3.05) is 0 Å². The molecule has 0 saturated heterocycles. The fraction of sp³-hybridized carbons (Fsp3) is 0.167. The second kappa shape index (κ2) is 8.24. The van der Waals surface area contributed by atoms with Crippen molar-refractivity contribution in [2.45, 2.75) is 30.4 Å². The van der Waals surface area contributed by atoms with Gasteiger partial charge in [-0.25, -0.2) is 8.42 Å². The highest BCUT2D eigenvalue weighted by Gasteiger charge is 2.26. The minimum Gasteiger partial charge on any atom is -0.222 e. The zero-order chi connectivity index (χ0) is 19.3. The van der Waals surface area contributed by atoms with Crippen LogP contribution in [0.4, 0.5) is 0 Å². The van der Waals surface area contributed by atoms with Gasteiger partial charge in [-0.1, -0.05) is 77.6 Å². The minimum atomic E-state index is -3.57. The normalized spacial score (nSPS) is 12.1. The number of rotatable bonds is 4. The van der Waals surface area contributed by atoms with E-state index in [4.69, 9.17) is 0 Å². The Balaban J connectivity index is 1.99. The van der Waals surface area contributed by atoms with E-state index in [9.17, 15) is 8.42 Å². The highest BCUT2D eigenvalue weighted by molar-refractivity contribution is 7.92. The van der Waals surface area contributed by atoms with Gasteiger partial charge in [0.2, 0.25) is 0 Å². The molecule has 0 saturated carbocycles. The highest BCUT2D eigenvalue weighted by Crippen LogP contribution is 2.20. The molecule has 1 atom stereocenters. The SMILES string of the molecule is Cc1ccc(CC(C#Cc2ccccc2)S(=O)(=O)c2ccc(C)cc2)cc1. The van der Waals surface area contributed by atoms with Crippen molar-refractivity contribution >= 4 is 9.84 Å². The molecule has 0 N–H and O–H groups in total. The van der Waals surface area contributed by atoms with E-state index in [2.05, 4.69) is 11.8 Å². The molecule has 0 aromatic heterocycles. The van der Waals surface area contributed by atoms with Crippen molar-refractivity contribution in [1.29, 1.82) is 0 Å². The van der Waals surface area contributed by atoms with E-state index < -0.39 is 15.1 Å². The third kappa shape index (κ3) is 4.87. The fourth-order valence-electron chi connectivity index (χ4n) is 2.75. The van der Waals surface area contributed by atoms with Gasteiger partial charge in [0.25, 0.3) is 0 Å². The van der Waals surface area contributed by atoms with E-state index in [1.807, 2.05) is 80.6 Å². The Kier molecular flexibility index (Phi) is 5.78. The van der Waals surface area contributed by atoms with Gasteiger partial charge in [0.1, 0.15) is 5.25 Å². The Morgan fingerprint density at radius 1 is 0.778 bits per heavy atom. The molecule has 27 heavy (non-hydrogen) atoms. The Morgan fingerprint density at radius 2 is 1.33 bits per heavy atom. The first-order valence-electron chi connectivity index (χ1n) is 8.88. The molecule has 0 amide bonds. The summed E-state index contributed by atoms with van der Waals surface area (Å²) in [5.41, 5.74) is 3.95. The molecule has 2 nitrogen and oxygen atoms in total. The van der Waals surface area contributed by atoms with Crippen LogP contribution in [0.3, 0.4) is 0 Å². The van der Waals surface area contributed by atoms with E-state index in [1.54, 1.807) is 12.1 Å². The van der Waals surface area contributed by atoms with E-state index >= 15 is 0 Å².